The quantitative estimate of drug-likeness (QED) is 0.551. The number of fused-ring (bicyclic) bond motifs is 1. The molecule has 1 N–H and O–H groups in total. The first-order valence-corrected chi connectivity index (χ1v) is 11.5. The van der Waals surface area contributed by atoms with Gasteiger partial charge in [0, 0.05) is 35.3 Å². The Labute approximate surface area is 199 Å². The van der Waals surface area contributed by atoms with Crippen LogP contribution in [0.1, 0.15) is 50.8 Å². The third-order valence-electron chi connectivity index (χ3n) is 5.65. The van der Waals surface area contributed by atoms with Crippen LogP contribution in [-0.4, -0.2) is 36.5 Å². The van der Waals surface area contributed by atoms with Crippen LogP contribution in [0.2, 0.25) is 5.02 Å². The van der Waals surface area contributed by atoms with Gasteiger partial charge in [0.1, 0.15) is 23.4 Å². The predicted molar refractivity (Wildman–Crippen MR) is 125 cm³/mol. The lowest BCUT2D eigenvalue weighted by Gasteiger charge is -2.31. The number of nitrogens with zero attached hydrogens (tertiary/aromatic N) is 1. The van der Waals surface area contributed by atoms with Crippen LogP contribution >= 0.6 is 11.6 Å². The van der Waals surface area contributed by atoms with Gasteiger partial charge in [-0.25, -0.2) is 4.39 Å². The summed E-state index contributed by atoms with van der Waals surface area (Å²) < 4.78 is 26.1. The Bertz CT molecular complexity index is 1010. The molecule has 0 saturated heterocycles. The van der Waals surface area contributed by atoms with Crippen LogP contribution in [0.3, 0.4) is 0 Å². The van der Waals surface area contributed by atoms with Crippen LogP contribution < -0.4 is 14.8 Å². The van der Waals surface area contributed by atoms with Crippen molar-refractivity contribution in [2.75, 3.05) is 13.7 Å². The molecule has 0 fully saturated rings. The number of amides is 2. The van der Waals surface area contributed by atoms with Crippen LogP contribution in [0.25, 0.3) is 0 Å². The zero-order chi connectivity index (χ0) is 24.1. The fraction of sp³-hybridized carbons (Fsp3) is 0.440. The molecule has 2 unspecified atom stereocenters. The van der Waals surface area contributed by atoms with E-state index in [0.29, 0.717) is 23.6 Å². The minimum absolute atomic E-state index is 0.105. The summed E-state index contributed by atoms with van der Waals surface area (Å²) in [6, 6.07) is 8.42. The van der Waals surface area contributed by atoms with E-state index in [2.05, 4.69) is 5.32 Å². The molecule has 0 aliphatic carbocycles. The standard InChI is InChI=1S/C25H30ClFN2O4/c1-5-6-11-28-24(30)22-19-10-9-18(32-4)13-21(19)33-23(15(2)3)25(31)29(22)14-16-7-8-17(26)12-20(16)27/h7-10,12-13,15,22-23H,5-6,11,14H2,1-4H3,(H,28,30). The van der Waals surface area contributed by atoms with E-state index >= 15 is 0 Å². The number of halogens is 2. The van der Waals surface area contributed by atoms with Gasteiger partial charge in [-0.05, 0) is 36.6 Å². The highest BCUT2D eigenvalue weighted by Gasteiger charge is 2.42. The lowest BCUT2D eigenvalue weighted by atomic mass is 10.0. The van der Waals surface area contributed by atoms with Gasteiger partial charge in [0.2, 0.25) is 5.91 Å². The molecule has 0 saturated carbocycles. The maximum absolute atomic E-state index is 14.7. The monoisotopic (exact) mass is 476 g/mol. The molecule has 0 spiro atoms. The van der Waals surface area contributed by atoms with Crippen molar-refractivity contribution in [2.24, 2.45) is 5.92 Å². The van der Waals surface area contributed by atoms with Gasteiger partial charge in [-0.15, -0.1) is 0 Å². The van der Waals surface area contributed by atoms with Crippen molar-refractivity contribution >= 4 is 23.4 Å². The summed E-state index contributed by atoms with van der Waals surface area (Å²) in [5.74, 6) is -0.504. The van der Waals surface area contributed by atoms with Gasteiger partial charge in [-0.2, -0.15) is 0 Å². The molecule has 2 aromatic rings. The largest absolute Gasteiger partial charge is 0.497 e. The number of rotatable bonds is 8. The lowest BCUT2D eigenvalue weighted by Crippen LogP contribution is -2.48. The summed E-state index contributed by atoms with van der Waals surface area (Å²) >= 11 is 5.91. The Morgan fingerprint density at radius 1 is 1.27 bits per heavy atom. The van der Waals surface area contributed by atoms with Crippen LogP contribution in [0.15, 0.2) is 36.4 Å². The first-order chi connectivity index (χ1) is 15.8. The zero-order valence-electron chi connectivity index (χ0n) is 19.4. The number of ether oxygens (including phenoxy) is 2. The van der Waals surface area contributed by atoms with Gasteiger partial charge in [0.25, 0.3) is 5.91 Å². The second-order valence-electron chi connectivity index (χ2n) is 8.44. The van der Waals surface area contributed by atoms with E-state index < -0.39 is 18.0 Å². The summed E-state index contributed by atoms with van der Waals surface area (Å²) in [7, 11) is 1.54. The van der Waals surface area contributed by atoms with Crippen molar-refractivity contribution < 1.29 is 23.5 Å². The second kappa shape index (κ2) is 10.9. The normalized spacial score (nSPS) is 17.9. The first kappa shape index (κ1) is 24.8. The molecule has 0 bridgehead atoms. The summed E-state index contributed by atoms with van der Waals surface area (Å²) in [6.07, 6.45) is 0.869. The van der Waals surface area contributed by atoms with Gasteiger partial charge in [0.15, 0.2) is 6.10 Å². The molecule has 0 aromatic heterocycles. The number of hydrogen-bond donors (Lipinski definition) is 1. The van der Waals surface area contributed by atoms with Crippen molar-refractivity contribution in [1.29, 1.82) is 0 Å². The Kier molecular flexibility index (Phi) is 8.19. The van der Waals surface area contributed by atoms with Crippen molar-refractivity contribution in [3.63, 3.8) is 0 Å². The Balaban J connectivity index is 2.12. The third kappa shape index (κ3) is 5.58. The highest BCUT2D eigenvalue weighted by atomic mass is 35.5. The van der Waals surface area contributed by atoms with Gasteiger partial charge < -0.3 is 19.7 Å². The molecule has 8 heteroatoms. The molecule has 6 nitrogen and oxygen atoms in total. The fourth-order valence-electron chi connectivity index (χ4n) is 3.81. The van der Waals surface area contributed by atoms with E-state index in [-0.39, 0.29) is 34.9 Å². The SMILES string of the molecule is CCCCNC(=O)C1c2ccc(OC)cc2OC(C(C)C)C(=O)N1Cc1ccc(Cl)cc1F. The van der Waals surface area contributed by atoms with E-state index in [0.717, 1.165) is 12.8 Å². The smallest absolute Gasteiger partial charge is 0.265 e. The Hall–Kier alpha value is -2.80. The summed E-state index contributed by atoms with van der Waals surface area (Å²) in [4.78, 5) is 28.5. The van der Waals surface area contributed by atoms with E-state index in [1.807, 2.05) is 20.8 Å². The van der Waals surface area contributed by atoms with Crippen LogP contribution in [-0.2, 0) is 16.1 Å². The van der Waals surface area contributed by atoms with E-state index in [1.54, 1.807) is 24.3 Å². The molecular weight excluding hydrogens is 447 g/mol. The lowest BCUT2D eigenvalue weighted by molar-refractivity contribution is -0.147. The zero-order valence-corrected chi connectivity index (χ0v) is 20.1. The summed E-state index contributed by atoms with van der Waals surface area (Å²) in [6.45, 7) is 6.13. The maximum Gasteiger partial charge on any atom is 0.265 e. The van der Waals surface area contributed by atoms with Gasteiger partial charge >= 0.3 is 0 Å². The van der Waals surface area contributed by atoms with Crippen molar-refractivity contribution in [1.82, 2.24) is 10.2 Å². The van der Waals surface area contributed by atoms with E-state index in [9.17, 15) is 14.0 Å². The Morgan fingerprint density at radius 3 is 2.67 bits per heavy atom. The number of unbranched alkanes of at least 4 members (excludes halogenated alkanes) is 1. The van der Waals surface area contributed by atoms with Crippen LogP contribution in [0.4, 0.5) is 4.39 Å². The molecule has 2 amide bonds. The molecule has 1 heterocycles. The third-order valence-corrected chi connectivity index (χ3v) is 5.88. The predicted octanol–water partition coefficient (Wildman–Crippen LogP) is 4.89. The molecule has 178 valence electrons. The van der Waals surface area contributed by atoms with Gasteiger partial charge in [-0.1, -0.05) is 44.9 Å². The second-order valence-corrected chi connectivity index (χ2v) is 8.87. The van der Waals surface area contributed by atoms with Crippen molar-refractivity contribution in [2.45, 2.75) is 52.3 Å². The first-order valence-electron chi connectivity index (χ1n) is 11.1. The van der Waals surface area contributed by atoms with E-state index in [1.165, 1.54) is 24.1 Å². The molecular formula is C25H30ClFN2O4. The highest BCUT2D eigenvalue weighted by molar-refractivity contribution is 6.30. The molecule has 0 radical (unpaired) electrons. The van der Waals surface area contributed by atoms with Crippen LogP contribution in [0, 0.1) is 11.7 Å². The van der Waals surface area contributed by atoms with E-state index in [4.69, 9.17) is 21.1 Å². The number of nitrogens with one attached hydrogen (secondary N) is 1. The number of benzene rings is 2. The number of carbonyl (C=O) groups is 2. The average Bonchev–Trinajstić information content (AvgIpc) is 2.90. The number of hydrogen-bond acceptors (Lipinski definition) is 4. The van der Waals surface area contributed by atoms with Crippen molar-refractivity contribution in [3.05, 3.63) is 58.4 Å². The topological polar surface area (TPSA) is 67.9 Å². The summed E-state index contributed by atoms with van der Waals surface area (Å²) in [5, 5.41) is 3.18. The number of methoxy groups -OCH3 is 1. The molecule has 2 atom stereocenters. The highest BCUT2D eigenvalue weighted by Crippen LogP contribution is 2.39. The fourth-order valence-corrected chi connectivity index (χ4v) is 3.97. The molecule has 3 rings (SSSR count). The summed E-state index contributed by atoms with van der Waals surface area (Å²) in [5.41, 5.74) is 0.786. The van der Waals surface area contributed by atoms with Gasteiger partial charge in [-0.3, -0.25) is 9.59 Å². The number of carbonyl (C=O) groups excluding carboxylic acids is 2. The van der Waals surface area contributed by atoms with Gasteiger partial charge in [0.05, 0.1) is 7.11 Å². The van der Waals surface area contributed by atoms with Crippen molar-refractivity contribution in [3.8, 4) is 11.5 Å². The molecule has 2 aromatic carbocycles. The maximum atomic E-state index is 14.7. The minimum Gasteiger partial charge on any atom is -0.497 e. The molecule has 1 aliphatic heterocycles. The molecule has 1 aliphatic rings. The average molecular weight is 477 g/mol. The minimum atomic E-state index is -0.992. The molecule has 33 heavy (non-hydrogen) atoms. The Morgan fingerprint density at radius 2 is 2.03 bits per heavy atom. The van der Waals surface area contributed by atoms with Crippen LogP contribution in [0.5, 0.6) is 11.5 Å².